The van der Waals surface area contributed by atoms with Gasteiger partial charge in [-0.1, -0.05) is 0 Å². The van der Waals surface area contributed by atoms with E-state index in [-0.39, 0.29) is 43.7 Å². The van der Waals surface area contributed by atoms with Gasteiger partial charge in [0.05, 0.1) is 29.2 Å². The van der Waals surface area contributed by atoms with E-state index >= 15 is 0 Å². The Bertz CT molecular complexity index is 700. The molecule has 1 heterocycles. The van der Waals surface area contributed by atoms with Crippen molar-refractivity contribution < 1.29 is 28.6 Å². The largest absolute Gasteiger partial charge is 0.391 e. The first-order chi connectivity index (χ1) is 15.8. The highest BCUT2D eigenvalue weighted by Gasteiger charge is 2.55. The Morgan fingerprint density at radius 1 is 1.03 bits per heavy atom. The van der Waals surface area contributed by atoms with Crippen LogP contribution in [-0.4, -0.2) is 84.2 Å². The zero-order valence-corrected chi connectivity index (χ0v) is 19.9. The maximum Gasteiger partial charge on any atom is 0.246 e. The number of carbonyl (C=O) groups excluding carboxylic acids is 2. The molecule has 0 aromatic rings. The van der Waals surface area contributed by atoms with Crippen LogP contribution in [0.5, 0.6) is 0 Å². The predicted molar refractivity (Wildman–Crippen MR) is 121 cm³/mol. The lowest BCUT2D eigenvalue weighted by molar-refractivity contribution is -0.141. The van der Waals surface area contributed by atoms with Crippen molar-refractivity contribution >= 4 is 23.4 Å². The molecule has 4 N–H and O–H groups in total. The Balaban J connectivity index is 1.21. The minimum atomic E-state index is -1.10. The van der Waals surface area contributed by atoms with E-state index in [9.17, 15) is 19.1 Å². The second-order valence-electron chi connectivity index (χ2n) is 10.3. The molecule has 8 nitrogen and oxygen atoms in total. The molecule has 1 saturated heterocycles. The summed E-state index contributed by atoms with van der Waals surface area (Å²) in [5, 5.41) is 19.8. The van der Waals surface area contributed by atoms with Crippen molar-refractivity contribution in [3.8, 4) is 0 Å². The summed E-state index contributed by atoms with van der Waals surface area (Å²) in [6, 6.07) is 0. The van der Waals surface area contributed by atoms with E-state index in [1.165, 1.54) is 0 Å². The number of alkyl halides is 2. The van der Waals surface area contributed by atoms with Crippen LogP contribution in [-0.2, 0) is 19.1 Å². The van der Waals surface area contributed by atoms with Gasteiger partial charge in [-0.3, -0.25) is 9.59 Å². The Kier molecular flexibility index (Phi) is 8.16. The number of ether oxygens (including phenoxy) is 2. The quantitative estimate of drug-likeness (QED) is 0.383. The van der Waals surface area contributed by atoms with Crippen molar-refractivity contribution in [2.75, 3.05) is 26.3 Å². The molecule has 0 spiro atoms. The fourth-order valence-electron chi connectivity index (χ4n) is 5.85. The number of fused-ring (bicyclic) bond motifs is 3. The first-order valence-electron chi connectivity index (χ1n) is 12.3. The van der Waals surface area contributed by atoms with Crippen LogP contribution in [0.2, 0.25) is 0 Å². The molecule has 0 aromatic carbocycles. The number of piperidine rings is 1. The van der Waals surface area contributed by atoms with Crippen molar-refractivity contribution in [3.05, 3.63) is 0 Å². The molecule has 0 aromatic heterocycles. The maximum atomic E-state index is 13.8. The van der Waals surface area contributed by atoms with Crippen LogP contribution in [0.4, 0.5) is 4.39 Å². The number of carbonyl (C=O) groups is 2. The molecule has 33 heavy (non-hydrogen) atoms. The molecular weight excluding hydrogens is 453 g/mol. The third-order valence-electron chi connectivity index (χ3n) is 7.91. The summed E-state index contributed by atoms with van der Waals surface area (Å²) in [5.74, 6) is -0.456. The van der Waals surface area contributed by atoms with Gasteiger partial charge in [0.25, 0.3) is 0 Å². The van der Waals surface area contributed by atoms with Crippen molar-refractivity contribution in [1.82, 2.24) is 16.0 Å². The topological polar surface area (TPSA) is 109 Å². The lowest BCUT2D eigenvalue weighted by Gasteiger charge is -2.56. The summed E-state index contributed by atoms with van der Waals surface area (Å²) in [5.41, 5.74) is -1.16. The molecule has 5 rings (SSSR count). The van der Waals surface area contributed by atoms with Crippen LogP contribution < -0.4 is 16.0 Å². The van der Waals surface area contributed by atoms with Crippen molar-refractivity contribution in [3.63, 3.8) is 0 Å². The van der Waals surface area contributed by atoms with E-state index < -0.39 is 28.7 Å². The minimum Gasteiger partial charge on any atom is -0.391 e. The molecule has 2 bridgehead atoms. The Morgan fingerprint density at radius 2 is 1.73 bits per heavy atom. The summed E-state index contributed by atoms with van der Waals surface area (Å²) in [7, 11) is 0. The number of nitrogens with one attached hydrogen (secondary N) is 3. The Morgan fingerprint density at radius 3 is 2.36 bits per heavy atom. The number of rotatable bonds is 8. The van der Waals surface area contributed by atoms with E-state index in [0.29, 0.717) is 44.9 Å². The molecule has 4 saturated carbocycles. The van der Waals surface area contributed by atoms with Crippen LogP contribution in [0.15, 0.2) is 0 Å². The van der Waals surface area contributed by atoms with Gasteiger partial charge in [-0.15, -0.1) is 11.6 Å². The Hall–Kier alpha value is -1.00. The van der Waals surface area contributed by atoms with E-state index in [0.717, 1.165) is 25.9 Å². The van der Waals surface area contributed by atoms with E-state index in [1.54, 1.807) is 0 Å². The van der Waals surface area contributed by atoms with Gasteiger partial charge >= 0.3 is 0 Å². The van der Waals surface area contributed by atoms with E-state index in [1.807, 2.05) is 0 Å². The van der Waals surface area contributed by atoms with Crippen LogP contribution in [0.1, 0.15) is 64.2 Å². The lowest BCUT2D eigenvalue weighted by Crippen LogP contribution is -2.70. The van der Waals surface area contributed by atoms with Gasteiger partial charge in [0.2, 0.25) is 11.8 Å². The van der Waals surface area contributed by atoms with Crippen LogP contribution >= 0.6 is 11.6 Å². The number of aliphatic hydroxyl groups is 1. The van der Waals surface area contributed by atoms with Crippen molar-refractivity contribution in [2.24, 2.45) is 0 Å². The lowest BCUT2D eigenvalue weighted by atomic mass is 9.60. The highest BCUT2D eigenvalue weighted by atomic mass is 35.5. The number of amides is 2. The molecule has 10 heteroatoms. The summed E-state index contributed by atoms with van der Waals surface area (Å²) in [6.45, 7) is 1.61. The Labute approximate surface area is 199 Å². The summed E-state index contributed by atoms with van der Waals surface area (Å²) < 4.78 is 25.1. The van der Waals surface area contributed by atoms with Gasteiger partial charge in [0, 0.05) is 18.5 Å². The van der Waals surface area contributed by atoms with Gasteiger partial charge in [-0.05, 0) is 64.3 Å². The summed E-state index contributed by atoms with van der Waals surface area (Å²) >= 11 is 5.91. The van der Waals surface area contributed by atoms with Crippen molar-refractivity contribution in [1.29, 1.82) is 0 Å². The second kappa shape index (κ2) is 10.7. The molecule has 5 fully saturated rings. The smallest absolute Gasteiger partial charge is 0.246 e. The molecule has 4 aliphatic carbocycles. The molecular formula is C23H37ClFN3O5. The highest BCUT2D eigenvalue weighted by Crippen LogP contribution is 2.47. The average molecular weight is 490 g/mol. The van der Waals surface area contributed by atoms with E-state index in [2.05, 4.69) is 16.0 Å². The third kappa shape index (κ3) is 6.17. The molecule has 5 atom stereocenters. The molecule has 4 unspecified atom stereocenters. The number of aliphatic hydroxyl groups excluding tert-OH is 1. The summed E-state index contributed by atoms with van der Waals surface area (Å²) in [4.78, 5) is 25.1. The zero-order valence-electron chi connectivity index (χ0n) is 19.1. The van der Waals surface area contributed by atoms with Crippen LogP contribution in [0.3, 0.4) is 0 Å². The average Bonchev–Trinajstić information content (AvgIpc) is 2.80. The number of hydrogen-bond donors (Lipinski definition) is 4. The standard InChI is InChI=1S/C23H37ClFN3O5/c24-17-4-3-15(10-18(17)25)32-13-20(30)27-22-5-7-23(8-6-22,19(29)11-22)28-21(31)14-33-16-2-1-9-26-12-16/h15-19,26,29H,1-14H2,(H,27,30)(H,28,31)/t15?,16?,17?,18?,19-,22?,23?/m0/s1. The monoisotopic (exact) mass is 489 g/mol. The molecule has 5 aliphatic rings. The number of hydrogen-bond acceptors (Lipinski definition) is 6. The molecule has 188 valence electrons. The third-order valence-corrected chi connectivity index (χ3v) is 8.40. The fourth-order valence-corrected chi connectivity index (χ4v) is 6.08. The van der Waals surface area contributed by atoms with Gasteiger partial charge < -0.3 is 30.5 Å². The normalized spacial score (nSPS) is 40.9. The second-order valence-corrected chi connectivity index (χ2v) is 10.9. The SMILES string of the molecule is O=C(COC1CCC(Cl)C(F)C1)NC12CCC(NC(=O)COC3CCCNC3)(CC1)[C@@H](O)C2. The predicted octanol–water partition coefficient (Wildman–Crippen LogP) is 1.32. The first-order valence-corrected chi connectivity index (χ1v) is 12.7. The zero-order chi connectivity index (χ0) is 23.5. The highest BCUT2D eigenvalue weighted by molar-refractivity contribution is 6.21. The molecule has 1 aliphatic heterocycles. The van der Waals surface area contributed by atoms with Gasteiger partial charge in [-0.25, -0.2) is 4.39 Å². The van der Waals surface area contributed by atoms with Crippen molar-refractivity contribution in [2.45, 2.75) is 105 Å². The minimum absolute atomic E-state index is 0.00853. The number of halogens is 2. The van der Waals surface area contributed by atoms with Crippen LogP contribution in [0, 0.1) is 0 Å². The molecule has 0 radical (unpaired) electrons. The fraction of sp³-hybridized carbons (Fsp3) is 0.913. The van der Waals surface area contributed by atoms with Crippen LogP contribution in [0.25, 0.3) is 0 Å². The van der Waals surface area contributed by atoms with E-state index in [4.69, 9.17) is 21.1 Å². The maximum absolute atomic E-state index is 13.8. The summed E-state index contributed by atoms with van der Waals surface area (Å²) in [6.07, 6.45) is 4.22. The van der Waals surface area contributed by atoms with Gasteiger partial charge in [0.1, 0.15) is 19.4 Å². The first kappa shape index (κ1) is 25.1. The molecule has 2 amide bonds. The van der Waals surface area contributed by atoms with Gasteiger partial charge in [0.15, 0.2) is 0 Å². The van der Waals surface area contributed by atoms with Gasteiger partial charge in [-0.2, -0.15) is 0 Å².